The molecule has 0 aliphatic carbocycles. The van der Waals surface area contributed by atoms with E-state index in [0.717, 1.165) is 0 Å². The molecule has 148 valence electrons. The van der Waals surface area contributed by atoms with Crippen molar-refractivity contribution >= 4 is 20.4 Å². The molecular formula is C20H21NO5S2. The number of hydrogen-bond acceptors (Lipinski definition) is 5. The Balaban J connectivity index is 1.69. The van der Waals surface area contributed by atoms with E-state index >= 15 is 0 Å². The predicted molar refractivity (Wildman–Crippen MR) is 109 cm³/mol. The smallest absolute Gasteiger partial charge is 0.187 e. The second-order valence-electron chi connectivity index (χ2n) is 6.62. The number of fused-ring (bicyclic) bond motifs is 1. The summed E-state index contributed by atoms with van der Waals surface area (Å²) in [5.41, 5.74) is 0.360. The highest BCUT2D eigenvalue weighted by Crippen LogP contribution is 2.63. The van der Waals surface area contributed by atoms with Crippen molar-refractivity contribution in [2.45, 2.75) is 21.6 Å². The minimum Gasteiger partial charge on any atom is -0.491 e. The molecule has 0 spiro atoms. The van der Waals surface area contributed by atoms with E-state index in [0.29, 0.717) is 24.5 Å². The molecular weight excluding hydrogens is 398 g/mol. The van der Waals surface area contributed by atoms with E-state index in [4.69, 9.17) is 4.74 Å². The van der Waals surface area contributed by atoms with Crippen molar-refractivity contribution in [1.82, 2.24) is 4.57 Å². The van der Waals surface area contributed by atoms with Crippen molar-refractivity contribution in [2.24, 2.45) is 0 Å². The van der Waals surface area contributed by atoms with Crippen LogP contribution in [0.15, 0.2) is 82.8 Å². The predicted octanol–water partition coefficient (Wildman–Crippen LogP) is 4.21. The maximum Gasteiger partial charge on any atom is 0.187 e. The van der Waals surface area contributed by atoms with E-state index in [1.807, 2.05) is 29.1 Å². The third-order valence-electron chi connectivity index (χ3n) is 4.80. The first-order valence-electron chi connectivity index (χ1n) is 8.81. The van der Waals surface area contributed by atoms with Gasteiger partial charge >= 0.3 is 0 Å². The number of nitrogens with zero attached hydrogens (tertiary/aromatic N) is 1. The van der Waals surface area contributed by atoms with Crippen LogP contribution >= 0.6 is 10.6 Å². The zero-order chi connectivity index (χ0) is 19.8. The monoisotopic (exact) mass is 419 g/mol. The van der Waals surface area contributed by atoms with Crippen molar-refractivity contribution in [1.29, 1.82) is 0 Å². The van der Waals surface area contributed by atoms with Crippen molar-refractivity contribution in [3.8, 4) is 5.75 Å². The van der Waals surface area contributed by atoms with E-state index < -0.39 is 25.7 Å². The maximum atomic E-state index is 13.2. The number of benzene rings is 2. The molecule has 2 heterocycles. The van der Waals surface area contributed by atoms with Gasteiger partial charge in [0.05, 0.1) is 22.1 Å². The van der Waals surface area contributed by atoms with Gasteiger partial charge in [-0.25, -0.2) is 8.42 Å². The van der Waals surface area contributed by atoms with Crippen molar-refractivity contribution in [3.05, 3.63) is 78.6 Å². The fourth-order valence-corrected chi connectivity index (χ4v) is 7.87. The number of sulfone groups is 1. The summed E-state index contributed by atoms with van der Waals surface area (Å²) in [6.45, 7) is 0.936. The van der Waals surface area contributed by atoms with Gasteiger partial charge in [0, 0.05) is 18.0 Å². The first-order valence-corrected chi connectivity index (χ1v) is 12.1. The molecule has 28 heavy (non-hydrogen) atoms. The van der Waals surface area contributed by atoms with Crippen LogP contribution in [0.1, 0.15) is 10.8 Å². The molecule has 3 aromatic rings. The molecule has 4 rings (SSSR count). The Morgan fingerprint density at radius 1 is 1.00 bits per heavy atom. The van der Waals surface area contributed by atoms with Gasteiger partial charge in [-0.3, -0.25) is 9.11 Å². The molecule has 1 atom stereocenters. The van der Waals surface area contributed by atoms with Crippen LogP contribution in [-0.2, 0) is 16.4 Å². The number of rotatable bonds is 6. The van der Waals surface area contributed by atoms with E-state index in [-0.39, 0.29) is 15.5 Å². The number of aromatic nitrogens is 1. The Morgan fingerprint density at radius 3 is 2.43 bits per heavy atom. The van der Waals surface area contributed by atoms with Gasteiger partial charge in [-0.2, -0.15) is 10.6 Å². The first-order chi connectivity index (χ1) is 13.4. The van der Waals surface area contributed by atoms with Crippen LogP contribution in [0.4, 0.5) is 0 Å². The second kappa shape index (κ2) is 7.29. The third kappa shape index (κ3) is 3.44. The van der Waals surface area contributed by atoms with E-state index in [1.165, 1.54) is 12.1 Å². The number of ether oxygens (including phenoxy) is 1. The van der Waals surface area contributed by atoms with Crippen molar-refractivity contribution < 1.29 is 22.3 Å². The van der Waals surface area contributed by atoms with Gasteiger partial charge in [-0.05, 0) is 36.4 Å². The Morgan fingerprint density at radius 2 is 1.71 bits per heavy atom. The molecule has 0 bridgehead atoms. The number of hydrogen-bond donors (Lipinski definition) is 2. The van der Waals surface area contributed by atoms with Crippen LogP contribution in [0, 0.1) is 0 Å². The average molecular weight is 420 g/mol. The van der Waals surface area contributed by atoms with Crippen LogP contribution in [0.2, 0.25) is 0 Å². The highest BCUT2D eigenvalue weighted by atomic mass is 32.3. The van der Waals surface area contributed by atoms with E-state index in [2.05, 4.69) is 0 Å². The van der Waals surface area contributed by atoms with Gasteiger partial charge in [0.15, 0.2) is 9.84 Å². The molecule has 0 fully saturated rings. The Hall–Kier alpha value is -2.26. The fraction of sp³-hybridized carbons (Fsp3) is 0.200. The van der Waals surface area contributed by atoms with Crippen LogP contribution in [0.3, 0.4) is 0 Å². The van der Waals surface area contributed by atoms with Crippen LogP contribution in [0.25, 0.3) is 0 Å². The van der Waals surface area contributed by atoms with E-state index in [1.54, 1.807) is 36.4 Å². The Bertz CT molecular complexity index is 1060. The minimum atomic E-state index is -3.80. The quantitative estimate of drug-likeness (QED) is 0.625. The van der Waals surface area contributed by atoms with E-state index in [9.17, 15) is 17.5 Å². The summed E-state index contributed by atoms with van der Waals surface area (Å²) in [5.74, 6) is 0.129. The zero-order valence-electron chi connectivity index (χ0n) is 15.0. The molecule has 1 aromatic heterocycles. The standard InChI is InChI=1S/C20H21NO5S2/c22-27(23)15-19(28(24,25)16-7-2-1-3-8-16)20-17(9-6-10-18(20)27)26-14-13-21-11-4-5-12-21/h1-12,19,22-23H,13-15H2. The Kier molecular flexibility index (Phi) is 4.96. The molecule has 6 nitrogen and oxygen atoms in total. The van der Waals surface area contributed by atoms with Crippen LogP contribution in [0.5, 0.6) is 5.75 Å². The molecule has 8 heteroatoms. The van der Waals surface area contributed by atoms with Gasteiger partial charge in [0.2, 0.25) is 0 Å². The largest absolute Gasteiger partial charge is 0.491 e. The van der Waals surface area contributed by atoms with Gasteiger partial charge in [0.25, 0.3) is 0 Å². The summed E-state index contributed by atoms with van der Waals surface area (Å²) >= 11 is 0. The lowest BCUT2D eigenvalue weighted by atomic mass is 10.1. The third-order valence-corrected chi connectivity index (χ3v) is 8.95. The highest BCUT2D eigenvalue weighted by molar-refractivity contribution is 8.25. The molecule has 2 aromatic carbocycles. The molecule has 1 aliphatic rings. The normalized spacial score (nSPS) is 19.1. The molecule has 0 saturated heterocycles. The summed E-state index contributed by atoms with van der Waals surface area (Å²) in [4.78, 5) is 0.417. The minimum absolute atomic E-state index is 0.158. The molecule has 1 unspecified atom stereocenters. The molecule has 1 aliphatic heterocycles. The highest BCUT2D eigenvalue weighted by Gasteiger charge is 2.45. The van der Waals surface area contributed by atoms with Gasteiger partial charge < -0.3 is 9.30 Å². The van der Waals surface area contributed by atoms with Gasteiger partial charge in [-0.15, -0.1) is 0 Å². The average Bonchev–Trinajstić information content (AvgIpc) is 3.29. The summed E-state index contributed by atoms with van der Waals surface area (Å²) < 4.78 is 55.4. The molecule has 0 saturated carbocycles. The molecule has 0 amide bonds. The maximum absolute atomic E-state index is 13.2. The van der Waals surface area contributed by atoms with Gasteiger partial charge in [-0.1, -0.05) is 24.3 Å². The first kappa shape index (κ1) is 19.1. The molecule has 0 radical (unpaired) electrons. The fourth-order valence-electron chi connectivity index (χ4n) is 3.44. The Labute approximate surface area is 165 Å². The molecule has 2 N–H and O–H groups in total. The second-order valence-corrected chi connectivity index (χ2v) is 10.9. The van der Waals surface area contributed by atoms with Crippen LogP contribution in [-0.4, -0.2) is 34.5 Å². The summed E-state index contributed by atoms with van der Waals surface area (Å²) in [7, 11) is -7.00. The summed E-state index contributed by atoms with van der Waals surface area (Å²) in [6.07, 6.45) is 3.83. The zero-order valence-corrected chi connectivity index (χ0v) is 16.6. The topological polar surface area (TPSA) is 88.8 Å². The lowest BCUT2D eigenvalue weighted by Gasteiger charge is -2.27. The SMILES string of the molecule is O=S(=O)(c1ccccc1)C1CS(O)(O)c2cccc(OCCn3cccc3)c21. The van der Waals surface area contributed by atoms with Crippen LogP contribution < -0.4 is 4.74 Å². The lowest BCUT2D eigenvalue weighted by Crippen LogP contribution is -2.16. The van der Waals surface area contributed by atoms with Crippen molar-refractivity contribution in [3.63, 3.8) is 0 Å². The summed E-state index contributed by atoms with van der Waals surface area (Å²) in [5, 5.41) is -1.06. The van der Waals surface area contributed by atoms with Crippen molar-refractivity contribution in [2.75, 3.05) is 12.4 Å². The lowest BCUT2D eigenvalue weighted by molar-refractivity contribution is 0.295. The van der Waals surface area contributed by atoms with Gasteiger partial charge in [0.1, 0.15) is 17.6 Å². The summed E-state index contributed by atoms with van der Waals surface area (Å²) in [6, 6.07) is 16.8.